The first-order chi connectivity index (χ1) is 11.5. The average molecular weight is 343 g/mol. The molecule has 0 unspecified atom stereocenters. The van der Waals surface area contributed by atoms with E-state index in [0.717, 1.165) is 11.1 Å². The highest BCUT2D eigenvalue weighted by molar-refractivity contribution is 7.89. The Balaban J connectivity index is 1.60. The molecule has 0 atom stereocenters. The largest absolute Gasteiger partial charge is 0.339 e. The predicted molar refractivity (Wildman–Crippen MR) is 89.8 cm³/mol. The smallest absolute Gasteiger partial charge is 0.240 e. The number of hydrogen-bond acceptors (Lipinski definition) is 5. The lowest BCUT2D eigenvalue weighted by molar-refractivity contribution is 0.379. The Kier molecular flexibility index (Phi) is 4.73. The van der Waals surface area contributed by atoms with Gasteiger partial charge in [-0.25, -0.2) is 13.1 Å². The molecule has 0 aliphatic rings. The van der Waals surface area contributed by atoms with Gasteiger partial charge in [0.2, 0.25) is 21.7 Å². The van der Waals surface area contributed by atoms with Gasteiger partial charge >= 0.3 is 0 Å². The van der Waals surface area contributed by atoms with Crippen LogP contribution in [-0.2, 0) is 16.4 Å². The van der Waals surface area contributed by atoms with Gasteiger partial charge in [-0.1, -0.05) is 53.2 Å². The lowest BCUT2D eigenvalue weighted by Gasteiger charge is -2.05. The number of rotatable bonds is 6. The van der Waals surface area contributed by atoms with Crippen molar-refractivity contribution in [2.45, 2.75) is 18.2 Å². The molecule has 0 spiro atoms. The zero-order chi connectivity index (χ0) is 17.0. The van der Waals surface area contributed by atoms with Crippen molar-refractivity contribution in [3.63, 3.8) is 0 Å². The van der Waals surface area contributed by atoms with Gasteiger partial charge < -0.3 is 4.52 Å². The van der Waals surface area contributed by atoms with Gasteiger partial charge in [-0.15, -0.1) is 0 Å². The summed E-state index contributed by atoms with van der Waals surface area (Å²) in [5.74, 6) is 0.882. The summed E-state index contributed by atoms with van der Waals surface area (Å²) in [6, 6.07) is 16.1. The van der Waals surface area contributed by atoms with Crippen LogP contribution in [0.1, 0.15) is 11.5 Å². The summed E-state index contributed by atoms with van der Waals surface area (Å²) >= 11 is 0. The van der Waals surface area contributed by atoms with E-state index < -0.39 is 10.0 Å². The third kappa shape index (κ3) is 3.87. The van der Waals surface area contributed by atoms with Gasteiger partial charge in [-0.2, -0.15) is 4.98 Å². The summed E-state index contributed by atoms with van der Waals surface area (Å²) < 4.78 is 32.1. The van der Waals surface area contributed by atoms with Crippen molar-refractivity contribution in [3.8, 4) is 11.4 Å². The Morgan fingerprint density at radius 3 is 2.46 bits per heavy atom. The van der Waals surface area contributed by atoms with Crippen LogP contribution in [-0.4, -0.2) is 25.1 Å². The van der Waals surface area contributed by atoms with E-state index in [2.05, 4.69) is 14.9 Å². The number of nitrogens with one attached hydrogen (secondary N) is 1. The van der Waals surface area contributed by atoms with E-state index in [1.165, 1.54) is 0 Å². The topological polar surface area (TPSA) is 85.1 Å². The molecule has 0 bridgehead atoms. The monoisotopic (exact) mass is 343 g/mol. The molecule has 0 amide bonds. The van der Waals surface area contributed by atoms with E-state index in [1.54, 1.807) is 24.3 Å². The number of aryl methyl sites for hydroxylation is 1. The van der Waals surface area contributed by atoms with Crippen molar-refractivity contribution in [1.82, 2.24) is 14.9 Å². The molecule has 1 N–H and O–H groups in total. The van der Waals surface area contributed by atoms with Crippen LogP contribution in [0.4, 0.5) is 0 Å². The van der Waals surface area contributed by atoms with E-state index in [4.69, 9.17) is 4.52 Å². The third-order valence-electron chi connectivity index (χ3n) is 3.46. The second-order valence-corrected chi connectivity index (χ2v) is 7.11. The van der Waals surface area contributed by atoms with Crippen LogP contribution in [0.15, 0.2) is 64.0 Å². The lowest BCUT2D eigenvalue weighted by Crippen LogP contribution is -2.26. The fraction of sp³-hybridized carbons (Fsp3) is 0.176. The van der Waals surface area contributed by atoms with Gasteiger partial charge in [0.15, 0.2) is 0 Å². The number of benzene rings is 2. The molecule has 3 rings (SSSR count). The standard InChI is InChI=1S/C17H17N3O3S/c1-13-7-9-15(10-8-13)24(21,22)18-12-11-16-19-17(20-23-16)14-5-3-2-4-6-14/h2-10,18H,11-12H2,1H3. The second kappa shape index (κ2) is 6.94. The third-order valence-corrected chi connectivity index (χ3v) is 4.94. The van der Waals surface area contributed by atoms with Crippen molar-refractivity contribution in [2.75, 3.05) is 6.54 Å². The molecule has 1 heterocycles. The van der Waals surface area contributed by atoms with E-state index >= 15 is 0 Å². The van der Waals surface area contributed by atoms with Gasteiger partial charge in [-0.05, 0) is 19.1 Å². The lowest BCUT2D eigenvalue weighted by atomic mass is 10.2. The fourth-order valence-electron chi connectivity index (χ4n) is 2.15. The minimum absolute atomic E-state index is 0.187. The first-order valence-corrected chi connectivity index (χ1v) is 8.97. The molecule has 7 heteroatoms. The number of hydrogen-bond donors (Lipinski definition) is 1. The molecule has 24 heavy (non-hydrogen) atoms. The molecule has 0 saturated heterocycles. The SMILES string of the molecule is Cc1ccc(S(=O)(=O)NCCc2nc(-c3ccccc3)no2)cc1. The van der Waals surface area contributed by atoms with Gasteiger partial charge in [0.1, 0.15) is 0 Å². The van der Waals surface area contributed by atoms with Gasteiger partial charge in [0.05, 0.1) is 4.90 Å². The molecule has 0 aliphatic heterocycles. The summed E-state index contributed by atoms with van der Waals surface area (Å²) in [7, 11) is -3.53. The summed E-state index contributed by atoms with van der Waals surface area (Å²) in [6.45, 7) is 2.09. The maximum atomic E-state index is 12.2. The Hall–Kier alpha value is -2.51. The van der Waals surface area contributed by atoms with Crippen molar-refractivity contribution in [3.05, 3.63) is 66.1 Å². The predicted octanol–water partition coefficient (Wildman–Crippen LogP) is 2.57. The van der Waals surface area contributed by atoms with Crippen LogP contribution in [0.5, 0.6) is 0 Å². The van der Waals surface area contributed by atoms with Crippen LogP contribution in [0.2, 0.25) is 0 Å². The molecule has 2 aromatic carbocycles. The maximum absolute atomic E-state index is 12.2. The quantitative estimate of drug-likeness (QED) is 0.743. The van der Waals surface area contributed by atoms with Gasteiger partial charge in [0.25, 0.3) is 0 Å². The van der Waals surface area contributed by atoms with Crippen LogP contribution < -0.4 is 4.72 Å². The zero-order valence-corrected chi connectivity index (χ0v) is 14.0. The summed E-state index contributed by atoms with van der Waals surface area (Å²) in [5, 5.41) is 3.91. The highest BCUT2D eigenvalue weighted by atomic mass is 32.2. The first kappa shape index (κ1) is 16.4. The van der Waals surface area contributed by atoms with Crippen LogP contribution >= 0.6 is 0 Å². The Morgan fingerprint density at radius 2 is 1.75 bits per heavy atom. The molecule has 6 nitrogen and oxygen atoms in total. The van der Waals surface area contributed by atoms with E-state index in [-0.39, 0.29) is 11.4 Å². The van der Waals surface area contributed by atoms with Crippen LogP contribution in [0, 0.1) is 6.92 Å². The second-order valence-electron chi connectivity index (χ2n) is 5.34. The van der Waals surface area contributed by atoms with E-state index in [9.17, 15) is 8.42 Å². The molecule has 0 radical (unpaired) electrons. The number of sulfonamides is 1. The highest BCUT2D eigenvalue weighted by Crippen LogP contribution is 2.15. The molecule has 0 saturated carbocycles. The molecule has 0 aliphatic carbocycles. The van der Waals surface area contributed by atoms with Gasteiger partial charge in [0, 0.05) is 18.5 Å². The first-order valence-electron chi connectivity index (χ1n) is 7.49. The Morgan fingerprint density at radius 1 is 1.04 bits per heavy atom. The molecular weight excluding hydrogens is 326 g/mol. The molecule has 124 valence electrons. The van der Waals surface area contributed by atoms with Crippen LogP contribution in [0.25, 0.3) is 11.4 Å². The number of aromatic nitrogens is 2. The minimum atomic E-state index is -3.53. The maximum Gasteiger partial charge on any atom is 0.240 e. The van der Waals surface area contributed by atoms with Crippen molar-refractivity contribution >= 4 is 10.0 Å². The summed E-state index contributed by atoms with van der Waals surface area (Å²) in [5.41, 5.74) is 1.86. The summed E-state index contributed by atoms with van der Waals surface area (Å²) in [4.78, 5) is 4.51. The number of nitrogens with zero attached hydrogens (tertiary/aromatic N) is 2. The molecule has 3 aromatic rings. The van der Waals surface area contributed by atoms with Crippen molar-refractivity contribution in [1.29, 1.82) is 0 Å². The molecule has 0 fully saturated rings. The molecule has 1 aromatic heterocycles. The molecular formula is C17H17N3O3S. The van der Waals surface area contributed by atoms with E-state index in [1.807, 2.05) is 37.3 Å². The normalized spacial score (nSPS) is 11.5. The highest BCUT2D eigenvalue weighted by Gasteiger charge is 2.14. The van der Waals surface area contributed by atoms with Crippen molar-refractivity contribution in [2.24, 2.45) is 0 Å². The Bertz CT molecular complexity index is 904. The summed E-state index contributed by atoms with van der Waals surface area (Å²) in [6.07, 6.45) is 0.324. The van der Waals surface area contributed by atoms with Crippen molar-refractivity contribution < 1.29 is 12.9 Å². The minimum Gasteiger partial charge on any atom is -0.339 e. The van der Waals surface area contributed by atoms with E-state index in [0.29, 0.717) is 18.1 Å². The fourth-order valence-corrected chi connectivity index (χ4v) is 3.19. The van der Waals surface area contributed by atoms with Crippen LogP contribution in [0.3, 0.4) is 0 Å². The Labute approximate surface area is 140 Å². The van der Waals surface area contributed by atoms with Gasteiger partial charge in [-0.3, -0.25) is 0 Å². The zero-order valence-electron chi connectivity index (χ0n) is 13.1. The average Bonchev–Trinajstić information content (AvgIpc) is 3.05.